The molecule has 4 aliphatic carbocycles. The van der Waals surface area contributed by atoms with Crippen LogP contribution in [-0.4, -0.2) is 14.5 Å². The number of para-hydroxylation sites is 2. The minimum atomic E-state index is 0.0540. The van der Waals surface area contributed by atoms with Crippen molar-refractivity contribution in [2.45, 2.75) is 49.5 Å². The van der Waals surface area contributed by atoms with Crippen LogP contribution in [0.3, 0.4) is 0 Å². The Hall–Kier alpha value is -4.75. The summed E-state index contributed by atoms with van der Waals surface area (Å²) in [5.41, 5.74) is 8.89. The monoisotopic (exact) mass is 556 g/mol. The van der Waals surface area contributed by atoms with E-state index < -0.39 is 0 Å². The highest BCUT2D eigenvalue weighted by Crippen LogP contribution is 2.66. The van der Waals surface area contributed by atoms with E-state index in [1.807, 2.05) is 24.5 Å². The number of pyridine rings is 2. The molecule has 0 N–H and O–H groups in total. The highest BCUT2D eigenvalue weighted by molar-refractivity contribution is 6.08. The lowest BCUT2D eigenvalue weighted by Crippen LogP contribution is -2.58. The molecule has 0 amide bonds. The molecule has 4 nitrogen and oxygen atoms in total. The first-order valence-electron chi connectivity index (χ1n) is 15.5. The molecule has 4 aliphatic rings. The van der Waals surface area contributed by atoms with E-state index in [0.29, 0.717) is 17.4 Å². The normalized spacial score (nSPS) is 25.7. The maximum Gasteiger partial charge on any atom is 0.100 e. The Morgan fingerprint density at radius 3 is 1.77 bits per heavy atom. The number of fused-ring (bicyclic) bond motifs is 3. The van der Waals surface area contributed by atoms with E-state index in [0.717, 1.165) is 28.7 Å². The molecule has 0 spiro atoms. The van der Waals surface area contributed by atoms with Gasteiger partial charge in [0.1, 0.15) is 6.07 Å². The minimum absolute atomic E-state index is 0.0540. The second-order valence-corrected chi connectivity index (χ2v) is 13.4. The molecule has 4 saturated carbocycles. The van der Waals surface area contributed by atoms with Crippen LogP contribution in [0.4, 0.5) is 0 Å². The maximum absolute atomic E-state index is 10.5. The van der Waals surface area contributed by atoms with Gasteiger partial charge in [-0.15, -0.1) is 0 Å². The number of nitrogens with zero attached hydrogens (tertiary/aromatic N) is 4. The van der Waals surface area contributed by atoms with Crippen molar-refractivity contribution in [3.63, 3.8) is 0 Å². The van der Waals surface area contributed by atoms with Gasteiger partial charge in [0.15, 0.2) is 0 Å². The van der Waals surface area contributed by atoms with Crippen LogP contribution in [-0.2, 0) is 11.0 Å². The van der Waals surface area contributed by atoms with Crippen molar-refractivity contribution in [2.24, 2.45) is 11.8 Å². The number of rotatable bonds is 4. The summed E-state index contributed by atoms with van der Waals surface area (Å²) in [5.74, 6) is 1.39. The van der Waals surface area contributed by atoms with Gasteiger partial charge in [0.25, 0.3) is 0 Å². The maximum atomic E-state index is 10.5. The van der Waals surface area contributed by atoms with Crippen LogP contribution < -0.4 is 0 Å². The number of hydrogen-bond acceptors (Lipinski definition) is 3. The van der Waals surface area contributed by atoms with Gasteiger partial charge in [-0.2, -0.15) is 5.26 Å². The van der Waals surface area contributed by atoms with Crippen molar-refractivity contribution >= 4 is 21.8 Å². The van der Waals surface area contributed by atoms with Gasteiger partial charge in [-0.05, 0) is 97.7 Å². The lowest BCUT2D eigenvalue weighted by atomic mass is 9.45. The van der Waals surface area contributed by atoms with Crippen molar-refractivity contribution in [3.8, 4) is 28.3 Å². The van der Waals surface area contributed by atoms with Crippen molar-refractivity contribution < 1.29 is 0 Å². The minimum Gasteiger partial charge on any atom is -0.334 e. The van der Waals surface area contributed by atoms with Crippen LogP contribution in [0.5, 0.6) is 0 Å². The predicted octanol–water partition coefficient (Wildman–Crippen LogP) is 9.04. The fourth-order valence-electron chi connectivity index (χ4n) is 9.82. The highest BCUT2D eigenvalue weighted by Gasteiger charge is 2.59. The average Bonchev–Trinajstić information content (AvgIpc) is 3.40. The van der Waals surface area contributed by atoms with E-state index in [1.165, 1.54) is 59.5 Å². The lowest BCUT2D eigenvalue weighted by molar-refractivity contribution is -0.0587. The zero-order valence-corrected chi connectivity index (χ0v) is 24.1. The average molecular weight is 557 g/mol. The van der Waals surface area contributed by atoms with Gasteiger partial charge in [-0.1, -0.05) is 48.5 Å². The molecule has 0 saturated heterocycles. The summed E-state index contributed by atoms with van der Waals surface area (Å²) < 4.78 is 2.76. The summed E-state index contributed by atoms with van der Waals surface area (Å²) >= 11 is 0. The fourth-order valence-corrected chi connectivity index (χ4v) is 9.82. The molecule has 4 fully saturated rings. The molecule has 10 rings (SSSR count). The lowest BCUT2D eigenvalue weighted by Gasteiger charge is -2.63. The number of aromatic nitrogens is 3. The first kappa shape index (κ1) is 24.8. The zero-order valence-electron chi connectivity index (χ0n) is 24.1. The van der Waals surface area contributed by atoms with Crippen LogP contribution >= 0.6 is 0 Å². The summed E-state index contributed by atoms with van der Waals surface area (Å²) in [6.45, 7) is 0. The first-order chi connectivity index (χ1) is 21.2. The van der Waals surface area contributed by atoms with Gasteiger partial charge in [0.05, 0.1) is 5.56 Å². The molecule has 2 unspecified atom stereocenters. The molecule has 43 heavy (non-hydrogen) atoms. The Kier molecular flexibility index (Phi) is 5.26. The third-order valence-electron chi connectivity index (χ3n) is 10.9. The summed E-state index contributed by atoms with van der Waals surface area (Å²) in [4.78, 5) is 8.88. The van der Waals surface area contributed by atoms with Crippen LogP contribution in [0, 0.1) is 23.2 Å². The standard InChI is InChI=1S/C39H32N4/c40-22-35-33(28-7-5-13-41-23-28)16-30(17-34(35)29-8-6-14-42-24-29)38-18-26-15-27(19-38)21-39(20-26,25-38)43-36-11-3-1-9-31(36)32-10-2-4-12-37(32)43/h1-14,16-17,23-24,26-27H,15,18-21,25H2. The third-order valence-corrected chi connectivity index (χ3v) is 10.9. The topological polar surface area (TPSA) is 54.5 Å². The summed E-state index contributed by atoms with van der Waals surface area (Å²) in [5, 5.41) is 13.2. The number of nitriles is 1. The van der Waals surface area contributed by atoms with Crippen LogP contribution in [0.2, 0.25) is 0 Å². The Morgan fingerprint density at radius 2 is 1.26 bits per heavy atom. The molecule has 0 radical (unpaired) electrons. The summed E-state index contributed by atoms with van der Waals surface area (Å²) in [7, 11) is 0. The van der Waals surface area contributed by atoms with Crippen molar-refractivity contribution in [2.75, 3.05) is 0 Å². The molecule has 4 bridgehead atoms. The van der Waals surface area contributed by atoms with E-state index in [4.69, 9.17) is 0 Å². The quantitative estimate of drug-likeness (QED) is 0.218. The Bertz CT molecular complexity index is 1940. The molecule has 3 aromatic heterocycles. The fraction of sp³-hybridized carbons (Fsp3) is 0.256. The van der Waals surface area contributed by atoms with Gasteiger partial charge in [0, 0.05) is 74.4 Å². The molecule has 3 heterocycles. The van der Waals surface area contributed by atoms with Crippen molar-refractivity contribution in [1.29, 1.82) is 5.26 Å². The number of benzene rings is 3. The van der Waals surface area contributed by atoms with Gasteiger partial charge >= 0.3 is 0 Å². The van der Waals surface area contributed by atoms with E-state index in [-0.39, 0.29) is 11.0 Å². The predicted molar refractivity (Wildman–Crippen MR) is 171 cm³/mol. The molecular formula is C39H32N4. The van der Waals surface area contributed by atoms with E-state index in [2.05, 4.69) is 93.4 Å². The third kappa shape index (κ3) is 3.61. The van der Waals surface area contributed by atoms with Crippen LogP contribution in [0.25, 0.3) is 44.1 Å². The highest BCUT2D eigenvalue weighted by atomic mass is 15.1. The van der Waals surface area contributed by atoms with Crippen molar-refractivity contribution in [3.05, 3.63) is 121 Å². The summed E-state index contributed by atoms with van der Waals surface area (Å²) in [6.07, 6.45) is 14.8. The SMILES string of the molecule is N#Cc1c(-c2cccnc2)cc(C23CC4CC(C2)CC(n2c5ccccc5c5ccccc52)(C4)C3)cc1-c1cccnc1. The molecule has 2 atom stereocenters. The van der Waals surface area contributed by atoms with E-state index in [1.54, 1.807) is 12.4 Å². The second kappa shape index (κ2) is 9.12. The smallest absolute Gasteiger partial charge is 0.100 e. The van der Waals surface area contributed by atoms with Gasteiger partial charge in [-0.3, -0.25) is 9.97 Å². The Morgan fingerprint density at radius 1 is 0.698 bits per heavy atom. The molecule has 4 heteroatoms. The van der Waals surface area contributed by atoms with E-state index in [9.17, 15) is 5.26 Å². The molecular weight excluding hydrogens is 524 g/mol. The van der Waals surface area contributed by atoms with Crippen LogP contribution in [0.1, 0.15) is 49.7 Å². The Balaban J connectivity index is 1.28. The van der Waals surface area contributed by atoms with E-state index >= 15 is 0 Å². The summed E-state index contributed by atoms with van der Waals surface area (Å²) in [6, 6.07) is 33.4. The molecule has 6 aromatic rings. The van der Waals surface area contributed by atoms with Crippen LogP contribution in [0.15, 0.2) is 110 Å². The molecule has 3 aromatic carbocycles. The second-order valence-electron chi connectivity index (χ2n) is 13.4. The van der Waals surface area contributed by atoms with Gasteiger partial charge < -0.3 is 4.57 Å². The number of hydrogen-bond donors (Lipinski definition) is 0. The zero-order chi connectivity index (χ0) is 28.6. The van der Waals surface area contributed by atoms with Gasteiger partial charge in [-0.25, -0.2) is 0 Å². The Labute approximate surface area is 251 Å². The first-order valence-corrected chi connectivity index (χ1v) is 15.5. The molecule has 208 valence electrons. The van der Waals surface area contributed by atoms with Crippen molar-refractivity contribution in [1.82, 2.24) is 14.5 Å². The van der Waals surface area contributed by atoms with Gasteiger partial charge in [0.2, 0.25) is 0 Å². The molecule has 0 aliphatic heterocycles. The largest absolute Gasteiger partial charge is 0.334 e.